The zero-order chi connectivity index (χ0) is 18.6. The van der Waals surface area contributed by atoms with Crippen molar-refractivity contribution in [1.82, 2.24) is 4.90 Å². The Bertz CT molecular complexity index is 690. The quantitative estimate of drug-likeness (QED) is 0.825. The minimum absolute atomic E-state index is 0.0412. The average Bonchev–Trinajstić information content (AvgIpc) is 2.62. The summed E-state index contributed by atoms with van der Waals surface area (Å²) >= 11 is 1.49. The maximum Gasteiger partial charge on any atom is 0.225 e. The molecule has 5 nitrogen and oxygen atoms in total. The van der Waals surface area contributed by atoms with Gasteiger partial charge in [0.05, 0.1) is 5.54 Å². The second-order valence-electron chi connectivity index (χ2n) is 7.22. The number of benzene rings is 1. The number of likely N-dealkylation sites (tertiary alicyclic amines) is 1. The molecule has 0 unspecified atom stereocenters. The van der Waals surface area contributed by atoms with Gasteiger partial charge in [-0.15, -0.1) is 0 Å². The lowest BCUT2D eigenvalue weighted by Crippen LogP contribution is -2.32. The van der Waals surface area contributed by atoms with Gasteiger partial charge in [0.2, 0.25) is 5.91 Å². The predicted molar refractivity (Wildman–Crippen MR) is 106 cm³/mol. The number of hydrogen-bond acceptors (Lipinski definition) is 5. The number of amides is 1. The van der Waals surface area contributed by atoms with Gasteiger partial charge in [0, 0.05) is 30.0 Å². The van der Waals surface area contributed by atoms with Crippen LogP contribution in [-0.4, -0.2) is 41.4 Å². The fraction of sp³-hybridized carbons (Fsp3) is 0.579. The summed E-state index contributed by atoms with van der Waals surface area (Å²) in [6, 6.07) is 4.70. The van der Waals surface area contributed by atoms with Gasteiger partial charge < -0.3 is 16.0 Å². The van der Waals surface area contributed by atoms with Gasteiger partial charge in [-0.25, -0.2) is 4.39 Å². The molecule has 1 atom stereocenters. The van der Waals surface area contributed by atoms with Crippen LogP contribution in [0.3, 0.4) is 0 Å². The number of hydrogen-bond donors (Lipinski definition) is 2. The molecule has 2 aliphatic rings. The summed E-state index contributed by atoms with van der Waals surface area (Å²) in [4.78, 5) is 19.1. The number of nitrogens with one attached hydrogen (secondary N) is 1. The summed E-state index contributed by atoms with van der Waals surface area (Å²) in [5.74, 6) is 0.445. The van der Waals surface area contributed by atoms with Crippen LogP contribution in [0.2, 0.25) is 0 Å². The Morgan fingerprint density at radius 2 is 2.15 bits per heavy atom. The largest absolute Gasteiger partial charge is 0.379 e. The number of carbonyl (C=O) groups excluding carboxylic acids is 1. The molecule has 0 aliphatic carbocycles. The van der Waals surface area contributed by atoms with Crippen molar-refractivity contribution in [3.8, 4) is 0 Å². The Morgan fingerprint density at radius 1 is 1.38 bits per heavy atom. The van der Waals surface area contributed by atoms with Crippen LogP contribution in [0.5, 0.6) is 0 Å². The van der Waals surface area contributed by atoms with Crippen LogP contribution in [0.15, 0.2) is 23.2 Å². The lowest BCUT2D eigenvalue weighted by molar-refractivity contribution is -0.116. The highest BCUT2D eigenvalue weighted by Gasteiger charge is 2.32. The molecule has 0 radical (unpaired) electrons. The normalized spacial score (nSPS) is 24.2. The maximum absolute atomic E-state index is 14.4. The van der Waals surface area contributed by atoms with Gasteiger partial charge in [-0.1, -0.05) is 18.2 Å². The molecule has 1 aromatic rings. The zero-order valence-corrected chi connectivity index (χ0v) is 16.1. The topological polar surface area (TPSA) is 70.7 Å². The summed E-state index contributed by atoms with van der Waals surface area (Å²) in [5, 5.41) is 3.38. The number of nitrogens with zero attached hydrogens (tertiary/aromatic N) is 2. The third kappa shape index (κ3) is 4.76. The van der Waals surface area contributed by atoms with E-state index in [1.54, 1.807) is 12.1 Å². The second kappa shape index (κ2) is 8.39. The first kappa shape index (κ1) is 19.2. The number of aliphatic imine (C=N–C) groups is 1. The Kier molecular flexibility index (Phi) is 6.19. The maximum atomic E-state index is 14.4. The van der Waals surface area contributed by atoms with Crippen LogP contribution in [0.4, 0.5) is 10.1 Å². The van der Waals surface area contributed by atoms with E-state index in [-0.39, 0.29) is 11.7 Å². The van der Waals surface area contributed by atoms with Crippen molar-refractivity contribution < 1.29 is 9.18 Å². The molecule has 0 saturated carbocycles. The van der Waals surface area contributed by atoms with E-state index in [1.807, 2.05) is 6.92 Å². The molecular formula is C19H27FN4OS. The van der Waals surface area contributed by atoms with Gasteiger partial charge in [-0.2, -0.15) is 0 Å². The van der Waals surface area contributed by atoms with Crippen LogP contribution >= 0.6 is 11.8 Å². The third-order valence-electron chi connectivity index (χ3n) is 5.13. The number of amidine groups is 1. The molecule has 142 valence electrons. The molecule has 0 spiro atoms. The molecule has 1 saturated heterocycles. The van der Waals surface area contributed by atoms with Crippen LogP contribution in [0.1, 0.15) is 44.6 Å². The summed E-state index contributed by atoms with van der Waals surface area (Å²) in [6.45, 7) is 4.81. The van der Waals surface area contributed by atoms with Crippen LogP contribution in [0, 0.1) is 5.82 Å². The summed E-state index contributed by atoms with van der Waals surface area (Å²) in [7, 11) is 0. The monoisotopic (exact) mass is 378 g/mol. The molecule has 0 bridgehead atoms. The number of halogens is 1. The van der Waals surface area contributed by atoms with E-state index in [9.17, 15) is 9.18 Å². The van der Waals surface area contributed by atoms with Crippen molar-refractivity contribution in [2.75, 3.05) is 30.7 Å². The summed E-state index contributed by atoms with van der Waals surface area (Å²) in [5.41, 5.74) is 6.25. The number of anilines is 1. The van der Waals surface area contributed by atoms with Crippen LogP contribution in [0.25, 0.3) is 0 Å². The Hall–Kier alpha value is -1.60. The molecule has 1 aromatic carbocycles. The lowest BCUT2D eigenvalue weighted by atomic mass is 9.89. The highest BCUT2D eigenvalue weighted by atomic mass is 32.2. The van der Waals surface area contributed by atoms with Crippen molar-refractivity contribution in [1.29, 1.82) is 0 Å². The molecule has 7 heteroatoms. The number of rotatable bonds is 5. The van der Waals surface area contributed by atoms with Gasteiger partial charge in [0.1, 0.15) is 5.82 Å². The number of piperidine rings is 1. The average molecular weight is 379 g/mol. The van der Waals surface area contributed by atoms with Gasteiger partial charge in [-0.05, 0) is 57.5 Å². The molecule has 1 amide bonds. The minimum Gasteiger partial charge on any atom is -0.379 e. The first-order valence-electron chi connectivity index (χ1n) is 9.27. The van der Waals surface area contributed by atoms with Crippen molar-refractivity contribution in [2.24, 2.45) is 10.7 Å². The van der Waals surface area contributed by atoms with Crippen molar-refractivity contribution in [3.05, 3.63) is 29.6 Å². The Balaban J connectivity index is 1.65. The van der Waals surface area contributed by atoms with E-state index in [0.29, 0.717) is 29.3 Å². The van der Waals surface area contributed by atoms with Gasteiger partial charge in [0.15, 0.2) is 5.17 Å². The molecule has 1 fully saturated rings. The highest BCUT2D eigenvalue weighted by Crippen LogP contribution is 2.37. The van der Waals surface area contributed by atoms with E-state index in [4.69, 9.17) is 5.73 Å². The molecule has 3 N–H and O–H groups in total. The lowest BCUT2D eigenvalue weighted by Gasteiger charge is -2.30. The minimum atomic E-state index is -0.687. The highest BCUT2D eigenvalue weighted by molar-refractivity contribution is 8.13. The first-order valence-corrected chi connectivity index (χ1v) is 10.3. The van der Waals surface area contributed by atoms with Crippen molar-refractivity contribution in [3.63, 3.8) is 0 Å². The third-order valence-corrected chi connectivity index (χ3v) is 5.93. The number of carbonyl (C=O) groups is 1. The van der Waals surface area contributed by atoms with Gasteiger partial charge in [0.25, 0.3) is 0 Å². The predicted octanol–water partition coefficient (Wildman–Crippen LogP) is 3.31. The standard InChI is InChI=1S/C19H27FN4OS/c1-19(8-12-26-18(21)23-19)15-13-14(5-6-16(15)20)22-17(25)7-11-24-9-3-2-4-10-24/h5-6,13H,2-4,7-12H2,1H3,(H2,21,23)(H,22,25)/t19-/m0/s1. The van der Waals surface area contributed by atoms with Crippen molar-refractivity contribution in [2.45, 2.75) is 44.6 Å². The molecule has 2 heterocycles. The van der Waals surface area contributed by atoms with Crippen LogP contribution in [-0.2, 0) is 10.3 Å². The van der Waals surface area contributed by atoms with Crippen molar-refractivity contribution >= 4 is 28.5 Å². The summed E-state index contributed by atoms with van der Waals surface area (Å²) < 4.78 is 14.4. The number of nitrogens with two attached hydrogens (primary N) is 1. The molecule has 0 aromatic heterocycles. The van der Waals surface area contributed by atoms with Crippen LogP contribution < -0.4 is 11.1 Å². The molecule has 2 aliphatic heterocycles. The second-order valence-corrected chi connectivity index (χ2v) is 8.33. The van der Waals surface area contributed by atoms with E-state index >= 15 is 0 Å². The van der Waals surface area contributed by atoms with E-state index in [1.165, 1.54) is 37.1 Å². The zero-order valence-electron chi connectivity index (χ0n) is 15.3. The van der Waals surface area contributed by atoms with Gasteiger partial charge >= 0.3 is 0 Å². The first-order chi connectivity index (χ1) is 12.5. The molecular weight excluding hydrogens is 351 g/mol. The summed E-state index contributed by atoms with van der Waals surface area (Å²) in [6.07, 6.45) is 4.87. The Labute approximate surface area is 158 Å². The van der Waals surface area contributed by atoms with Gasteiger partial charge in [-0.3, -0.25) is 9.79 Å². The number of thioether (sulfide) groups is 1. The fourth-order valence-corrected chi connectivity index (χ4v) is 4.54. The SMILES string of the molecule is C[C@@]1(c2cc(NC(=O)CCN3CCCCC3)ccc2F)CCSC(N)=N1. The van der Waals surface area contributed by atoms with E-state index < -0.39 is 5.54 Å². The smallest absolute Gasteiger partial charge is 0.225 e. The fourth-order valence-electron chi connectivity index (χ4n) is 3.56. The van der Waals surface area contributed by atoms with E-state index in [2.05, 4.69) is 15.2 Å². The Morgan fingerprint density at radius 3 is 2.88 bits per heavy atom. The molecule has 26 heavy (non-hydrogen) atoms. The van der Waals surface area contributed by atoms with E-state index in [0.717, 1.165) is 25.4 Å². The molecule has 3 rings (SSSR count).